The fourth-order valence-corrected chi connectivity index (χ4v) is 4.31. The highest BCUT2D eigenvalue weighted by Crippen LogP contribution is 2.37. The molecule has 3 aromatic heterocycles. The van der Waals surface area contributed by atoms with E-state index in [4.69, 9.17) is 21.1 Å². The average molecular weight is 464 g/mol. The number of aryl methyl sites for hydroxylation is 2. The molecule has 1 saturated heterocycles. The van der Waals surface area contributed by atoms with Crippen LogP contribution >= 0.6 is 11.6 Å². The van der Waals surface area contributed by atoms with Crippen LogP contribution in [0.1, 0.15) is 50.5 Å². The van der Waals surface area contributed by atoms with Crippen molar-refractivity contribution in [1.29, 1.82) is 0 Å². The first-order valence-electron chi connectivity index (χ1n) is 10.5. The maximum atomic E-state index is 11.7. The molecule has 1 unspecified atom stereocenters. The molecule has 4 heterocycles. The molecular weight excluding hydrogens is 438 g/mol. The first-order valence-corrected chi connectivity index (χ1v) is 10.9. The van der Waals surface area contributed by atoms with E-state index in [1.165, 1.54) is 0 Å². The van der Waals surface area contributed by atoms with Gasteiger partial charge >= 0.3 is 11.6 Å². The summed E-state index contributed by atoms with van der Waals surface area (Å²) in [5.74, 6) is 0.0451. The van der Waals surface area contributed by atoms with Crippen molar-refractivity contribution in [3.63, 3.8) is 0 Å². The van der Waals surface area contributed by atoms with Crippen LogP contribution in [-0.2, 0) is 11.3 Å². The SMILES string of the molecule is Cc1nn(CCCOc2nn(C3CCOC(C)(C)C3)c(C)c2[N+](=O)[O-])c2nc(Cl)ncc12. The lowest BCUT2D eigenvalue weighted by Crippen LogP contribution is -2.35. The number of nitrogens with zero attached hydrogens (tertiary/aromatic N) is 7. The highest BCUT2D eigenvalue weighted by atomic mass is 35.5. The molecule has 1 aliphatic heterocycles. The van der Waals surface area contributed by atoms with Gasteiger partial charge in [0.15, 0.2) is 5.65 Å². The Kier molecular flexibility index (Phi) is 6.04. The molecule has 1 fully saturated rings. The van der Waals surface area contributed by atoms with Crippen molar-refractivity contribution < 1.29 is 14.4 Å². The summed E-state index contributed by atoms with van der Waals surface area (Å²) in [7, 11) is 0. The number of halogens is 1. The molecule has 0 aromatic carbocycles. The number of hydrogen-bond acceptors (Lipinski definition) is 8. The van der Waals surface area contributed by atoms with E-state index < -0.39 is 4.92 Å². The summed E-state index contributed by atoms with van der Waals surface area (Å²) in [5, 5.41) is 21.6. The monoisotopic (exact) mass is 463 g/mol. The van der Waals surface area contributed by atoms with E-state index in [1.807, 2.05) is 20.8 Å². The third-order valence-corrected chi connectivity index (χ3v) is 5.87. The van der Waals surface area contributed by atoms with Crippen molar-refractivity contribution >= 4 is 28.3 Å². The summed E-state index contributed by atoms with van der Waals surface area (Å²) in [5.41, 5.74) is 1.56. The zero-order valence-corrected chi connectivity index (χ0v) is 19.3. The van der Waals surface area contributed by atoms with Crippen molar-refractivity contribution in [3.8, 4) is 5.88 Å². The first kappa shape index (κ1) is 22.4. The van der Waals surface area contributed by atoms with Gasteiger partial charge in [-0.15, -0.1) is 5.10 Å². The lowest BCUT2D eigenvalue weighted by atomic mass is 9.94. The van der Waals surface area contributed by atoms with Gasteiger partial charge < -0.3 is 9.47 Å². The average Bonchev–Trinajstić information content (AvgIpc) is 3.21. The maximum absolute atomic E-state index is 11.7. The molecule has 11 nitrogen and oxygen atoms in total. The van der Waals surface area contributed by atoms with Crippen LogP contribution in [0.15, 0.2) is 6.20 Å². The van der Waals surface area contributed by atoms with Gasteiger partial charge in [-0.3, -0.25) is 14.8 Å². The fourth-order valence-electron chi connectivity index (χ4n) is 4.18. The van der Waals surface area contributed by atoms with Gasteiger partial charge in [-0.1, -0.05) is 0 Å². The lowest BCUT2D eigenvalue weighted by molar-refractivity contribution is -0.386. The summed E-state index contributed by atoms with van der Waals surface area (Å²) >= 11 is 5.92. The number of fused-ring (bicyclic) bond motifs is 1. The van der Waals surface area contributed by atoms with Gasteiger partial charge in [0.05, 0.1) is 34.3 Å². The van der Waals surface area contributed by atoms with Crippen LogP contribution < -0.4 is 4.74 Å². The Labute approximate surface area is 189 Å². The van der Waals surface area contributed by atoms with Gasteiger partial charge in [0.2, 0.25) is 5.28 Å². The number of ether oxygens (including phenoxy) is 2. The summed E-state index contributed by atoms with van der Waals surface area (Å²) in [6.07, 6.45) is 3.68. The minimum Gasteiger partial charge on any atom is -0.472 e. The van der Waals surface area contributed by atoms with E-state index in [9.17, 15) is 10.1 Å². The van der Waals surface area contributed by atoms with Crippen LogP contribution in [0.25, 0.3) is 11.0 Å². The zero-order valence-electron chi connectivity index (χ0n) is 18.5. The molecule has 32 heavy (non-hydrogen) atoms. The normalized spacial score (nSPS) is 18.2. The molecule has 0 bridgehead atoms. The number of nitro groups is 1. The predicted molar refractivity (Wildman–Crippen MR) is 117 cm³/mol. The Hall–Kier alpha value is -2.79. The summed E-state index contributed by atoms with van der Waals surface area (Å²) in [6, 6.07) is 0.0256. The minimum absolute atomic E-state index is 0.0256. The topological polar surface area (TPSA) is 123 Å². The van der Waals surface area contributed by atoms with Crippen LogP contribution in [0.5, 0.6) is 5.88 Å². The molecule has 0 amide bonds. The van der Waals surface area contributed by atoms with Gasteiger partial charge in [0, 0.05) is 25.8 Å². The maximum Gasteiger partial charge on any atom is 0.352 e. The van der Waals surface area contributed by atoms with Crippen LogP contribution in [0.3, 0.4) is 0 Å². The minimum atomic E-state index is -0.429. The van der Waals surface area contributed by atoms with Crippen LogP contribution in [0, 0.1) is 24.0 Å². The van der Waals surface area contributed by atoms with Crippen LogP contribution in [0.2, 0.25) is 5.28 Å². The smallest absolute Gasteiger partial charge is 0.352 e. The molecule has 0 radical (unpaired) electrons. The van der Waals surface area contributed by atoms with Crippen molar-refractivity contribution in [2.24, 2.45) is 0 Å². The van der Waals surface area contributed by atoms with Crippen molar-refractivity contribution in [3.05, 3.63) is 33.0 Å². The van der Waals surface area contributed by atoms with Crippen LogP contribution in [-0.4, -0.2) is 53.3 Å². The number of rotatable bonds is 7. The Morgan fingerprint density at radius 3 is 2.88 bits per heavy atom. The molecule has 172 valence electrons. The van der Waals surface area contributed by atoms with Crippen molar-refractivity contribution in [2.75, 3.05) is 13.2 Å². The largest absolute Gasteiger partial charge is 0.472 e. The van der Waals surface area contributed by atoms with Gasteiger partial charge in [-0.05, 0) is 52.1 Å². The molecule has 1 atom stereocenters. The second-order valence-corrected chi connectivity index (χ2v) is 8.92. The van der Waals surface area contributed by atoms with E-state index in [2.05, 4.69) is 20.2 Å². The Morgan fingerprint density at radius 2 is 2.16 bits per heavy atom. The van der Waals surface area contributed by atoms with Gasteiger partial charge in [-0.2, -0.15) is 10.1 Å². The predicted octanol–water partition coefficient (Wildman–Crippen LogP) is 3.80. The Balaban J connectivity index is 1.47. The summed E-state index contributed by atoms with van der Waals surface area (Å²) < 4.78 is 15.0. The molecule has 0 N–H and O–H groups in total. The van der Waals surface area contributed by atoms with E-state index in [1.54, 1.807) is 22.5 Å². The summed E-state index contributed by atoms with van der Waals surface area (Å²) in [4.78, 5) is 19.5. The third-order valence-electron chi connectivity index (χ3n) is 5.68. The molecule has 0 spiro atoms. The molecule has 1 aliphatic rings. The van der Waals surface area contributed by atoms with Crippen molar-refractivity contribution in [2.45, 2.75) is 65.1 Å². The quantitative estimate of drug-likeness (QED) is 0.224. The van der Waals surface area contributed by atoms with Crippen molar-refractivity contribution in [1.82, 2.24) is 29.5 Å². The zero-order chi connectivity index (χ0) is 23.0. The van der Waals surface area contributed by atoms with Gasteiger partial charge in [-0.25, -0.2) is 9.67 Å². The van der Waals surface area contributed by atoms with Gasteiger partial charge in [0.25, 0.3) is 0 Å². The lowest BCUT2D eigenvalue weighted by Gasteiger charge is -2.35. The summed E-state index contributed by atoms with van der Waals surface area (Å²) in [6.45, 7) is 8.97. The van der Waals surface area contributed by atoms with E-state index in [0.717, 1.165) is 23.9 Å². The van der Waals surface area contributed by atoms with Gasteiger partial charge in [0.1, 0.15) is 5.69 Å². The Bertz CT molecular complexity index is 1160. The second kappa shape index (κ2) is 8.62. The standard InChI is InChI=1S/C20H26ClN7O4/c1-12-15-11-22-19(21)23-17(15)26(24-12)7-5-8-31-18-16(28(29)30)13(2)27(25-18)14-6-9-32-20(3,4)10-14/h11,14H,5-10H2,1-4H3. The fraction of sp³-hybridized carbons (Fsp3) is 0.600. The molecule has 4 rings (SSSR count). The molecule has 0 aliphatic carbocycles. The van der Waals surface area contributed by atoms with E-state index in [-0.39, 0.29) is 35.1 Å². The molecule has 12 heteroatoms. The second-order valence-electron chi connectivity index (χ2n) is 8.58. The molecule has 3 aromatic rings. The first-order chi connectivity index (χ1) is 15.2. The third kappa shape index (κ3) is 4.40. The van der Waals surface area contributed by atoms with E-state index in [0.29, 0.717) is 30.9 Å². The molecule has 0 saturated carbocycles. The number of hydrogen-bond donors (Lipinski definition) is 0. The highest BCUT2D eigenvalue weighted by molar-refractivity contribution is 6.28. The highest BCUT2D eigenvalue weighted by Gasteiger charge is 2.35. The molecular formula is C20H26ClN7O4. The van der Waals surface area contributed by atoms with E-state index >= 15 is 0 Å². The van der Waals surface area contributed by atoms with Crippen LogP contribution in [0.4, 0.5) is 5.69 Å². The number of aromatic nitrogens is 6. The Morgan fingerprint density at radius 1 is 1.38 bits per heavy atom.